The molecule has 2 aromatic rings. The Bertz CT molecular complexity index is 723. The highest BCUT2D eigenvalue weighted by Crippen LogP contribution is 2.16. The van der Waals surface area contributed by atoms with Crippen molar-refractivity contribution in [2.45, 2.75) is 26.2 Å². The number of amides is 1. The standard InChI is InChI=1S/C18H20ClN3O2S/c1-2-3-4-12-24-14-9-7-13(8-10-14)21-18(25)22-17(23)15-6-5-11-20-16(15)19/h5-11H,2-4,12H2,1H3,(H2,21,22,23,25). The summed E-state index contributed by atoms with van der Waals surface area (Å²) in [5.74, 6) is 0.394. The van der Waals surface area contributed by atoms with E-state index in [0.29, 0.717) is 6.61 Å². The molecule has 0 saturated carbocycles. The first kappa shape index (κ1) is 19.1. The number of pyridine rings is 1. The molecule has 0 aliphatic rings. The van der Waals surface area contributed by atoms with E-state index in [2.05, 4.69) is 22.5 Å². The fourth-order valence-electron chi connectivity index (χ4n) is 2.06. The molecule has 1 aromatic carbocycles. The van der Waals surface area contributed by atoms with Gasteiger partial charge in [0.2, 0.25) is 0 Å². The van der Waals surface area contributed by atoms with Gasteiger partial charge in [-0.3, -0.25) is 10.1 Å². The number of carbonyl (C=O) groups is 1. The van der Waals surface area contributed by atoms with Gasteiger partial charge in [0.15, 0.2) is 5.11 Å². The Morgan fingerprint density at radius 1 is 1.24 bits per heavy atom. The van der Waals surface area contributed by atoms with Crippen molar-refractivity contribution in [3.05, 3.63) is 53.3 Å². The second kappa shape index (κ2) is 9.96. The number of aromatic nitrogens is 1. The molecule has 1 amide bonds. The van der Waals surface area contributed by atoms with Gasteiger partial charge in [-0.15, -0.1) is 0 Å². The highest BCUT2D eigenvalue weighted by Gasteiger charge is 2.12. The number of benzene rings is 1. The first-order valence-corrected chi connectivity index (χ1v) is 8.84. The van der Waals surface area contributed by atoms with E-state index in [4.69, 9.17) is 28.6 Å². The Labute approximate surface area is 157 Å². The average Bonchev–Trinajstić information content (AvgIpc) is 2.60. The van der Waals surface area contributed by atoms with Crippen molar-refractivity contribution >= 4 is 40.5 Å². The van der Waals surface area contributed by atoms with Gasteiger partial charge >= 0.3 is 0 Å². The maximum absolute atomic E-state index is 12.1. The monoisotopic (exact) mass is 377 g/mol. The number of thiocarbonyl (C=S) groups is 1. The van der Waals surface area contributed by atoms with Crippen LogP contribution in [0.5, 0.6) is 5.75 Å². The summed E-state index contributed by atoms with van der Waals surface area (Å²) in [5, 5.41) is 5.83. The molecule has 0 aliphatic carbocycles. The van der Waals surface area contributed by atoms with E-state index < -0.39 is 5.91 Å². The van der Waals surface area contributed by atoms with Crippen LogP contribution in [0.3, 0.4) is 0 Å². The number of anilines is 1. The van der Waals surface area contributed by atoms with Crippen molar-refractivity contribution in [1.82, 2.24) is 10.3 Å². The Morgan fingerprint density at radius 2 is 2.00 bits per heavy atom. The van der Waals surface area contributed by atoms with Gasteiger partial charge in [-0.05, 0) is 55.0 Å². The molecule has 0 unspecified atom stereocenters. The van der Waals surface area contributed by atoms with Gasteiger partial charge in [0.25, 0.3) is 5.91 Å². The number of carbonyl (C=O) groups excluding carboxylic acids is 1. The number of halogens is 1. The van der Waals surface area contributed by atoms with Crippen LogP contribution >= 0.6 is 23.8 Å². The van der Waals surface area contributed by atoms with Crippen LogP contribution in [0, 0.1) is 0 Å². The van der Waals surface area contributed by atoms with Crippen LogP contribution in [-0.4, -0.2) is 22.6 Å². The predicted molar refractivity (Wildman–Crippen MR) is 104 cm³/mol. The van der Waals surface area contributed by atoms with Gasteiger partial charge in [-0.25, -0.2) is 4.98 Å². The van der Waals surface area contributed by atoms with Crippen LogP contribution in [0.1, 0.15) is 36.5 Å². The van der Waals surface area contributed by atoms with Gasteiger partial charge < -0.3 is 10.1 Å². The SMILES string of the molecule is CCCCCOc1ccc(NC(=S)NC(=O)c2cccnc2Cl)cc1. The van der Waals surface area contributed by atoms with Crippen molar-refractivity contribution in [3.8, 4) is 5.75 Å². The first-order valence-electron chi connectivity index (χ1n) is 8.06. The van der Waals surface area contributed by atoms with Crippen LogP contribution < -0.4 is 15.4 Å². The van der Waals surface area contributed by atoms with Crippen molar-refractivity contribution in [2.24, 2.45) is 0 Å². The zero-order valence-electron chi connectivity index (χ0n) is 13.9. The molecule has 2 N–H and O–H groups in total. The maximum Gasteiger partial charge on any atom is 0.260 e. The minimum Gasteiger partial charge on any atom is -0.494 e. The van der Waals surface area contributed by atoms with Crippen LogP contribution in [0.25, 0.3) is 0 Å². The summed E-state index contributed by atoms with van der Waals surface area (Å²) >= 11 is 11.0. The number of rotatable bonds is 7. The number of hydrogen-bond acceptors (Lipinski definition) is 4. The molecule has 7 heteroatoms. The summed E-state index contributed by atoms with van der Waals surface area (Å²) in [6.07, 6.45) is 4.89. The minimum absolute atomic E-state index is 0.132. The third-order valence-corrected chi connectivity index (χ3v) is 3.86. The summed E-state index contributed by atoms with van der Waals surface area (Å²) in [6.45, 7) is 2.87. The molecule has 5 nitrogen and oxygen atoms in total. The molecule has 25 heavy (non-hydrogen) atoms. The van der Waals surface area contributed by atoms with Gasteiger partial charge in [0.05, 0.1) is 12.2 Å². The molecule has 1 heterocycles. The van der Waals surface area contributed by atoms with Gasteiger partial charge in [0, 0.05) is 11.9 Å². The lowest BCUT2D eigenvalue weighted by atomic mass is 10.2. The zero-order chi connectivity index (χ0) is 18.1. The average molecular weight is 378 g/mol. The number of unbranched alkanes of at least 4 members (excludes halogenated alkanes) is 2. The van der Waals surface area contributed by atoms with Crippen molar-refractivity contribution in [1.29, 1.82) is 0 Å². The summed E-state index contributed by atoms with van der Waals surface area (Å²) in [7, 11) is 0. The summed E-state index contributed by atoms with van der Waals surface area (Å²) in [6, 6.07) is 10.6. The summed E-state index contributed by atoms with van der Waals surface area (Å²) in [5.41, 5.74) is 1.02. The number of nitrogens with zero attached hydrogens (tertiary/aromatic N) is 1. The fraction of sp³-hybridized carbons (Fsp3) is 0.278. The second-order valence-corrected chi connectivity index (χ2v) is 6.10. The Hall–Kier alpha value is -2.18. The molecule has 0 aliphatic heterocycles. The van der Waals surface area contributed by atoms with Crippen LogP contribution in [-0.2, 0) is 0 Å². The molecule has 2 rings (SSSR count). The molecule has 0 fully saturated rings. The van der Waals surface area contributed by atoms with E-state index in [1.165, 1.54) is 12.6 Å². The van der Waals surface area contributed by atoms with Crippen LogP contribution in [0.4, 0.5) is 5.69 Å². The summed E-state index contributed by atoms with van der Waals surface area (Å²) in [4.78, 5) is 16.0. The van der Waals surface area contributed by atoms with Crippen molar-refractivity contribution in [3.63, 3.8) is 0 Å². The quantitative estimate of drug-likeness (QED) is 0.424. The van der Waals surface area contributed by atoms with E-state index >= 15 is 0 Å². The Balaban J connectivity index is 1.84. The van der Waals surface area contributed by atoms with E-state index in [0.717, 1.165) is 24.3 Å². The third kappa shape index (κ3) is 6.32. The smallest absolute Gasteiger partial charge is 0.260 e. The highest BCUT2D eigenvalue weighted by molar-refractivity contribution is 7.80. The lowest BCUT2D eigenvalue weighted by Gasteiger charge is -2.11. The van der Waals surface area contributed by atoms with Gasteiger partial charge in [-0.1, -0.05) is 31.4 Å². The van der Waals surface area contributed by atoms with Crippen LogP contribution in [0.2, 0.25) is 5.15 Å². The van der Waals surface area contributed by atoms with E-state index in [9.17, 15) is 4.79 Å². The molecule has 0 atom stereocenters. The van der Waals surface area contributed by atoms with Gasteiger partial charge in [-0.2, -0.15) is 0 Å². The Morgan fingerprint density at radius 3 is 2.68 bits per heavy atom. The second-order valence-electron chi connectivity index (χ2n) is 5.33. The molecule has 0 bridgehead atoms. The van der Waals surface area contributed by atoms with E-state index in [1.807, 2.05) is 24.3 Å². The van der Waals surface area contributed by atoms with E-state index in [1.54, 1.807) is 12.1 Å². The molecule has 132 valence electrons. The summed E-state index contributed by atoms with van der Waals surface area (Å²) < 4.78 is 5.65. The molecule has 0 saturated heterocycles. The first-order chi connectivity index (χ1) is 12.1. The fourth-order valence-corrected chi connectivity index (χ4v) is 2.48. The largest absolute Gasteiger partial charge is 0.494 e. The topological polar surface area (TPSA) is 63.2 Å². The number of hydrogen-bond donors (Lipinski definition) is 2. The van der Waals surface area contributed by atoms with Crippen LogP contribution in [0.15, 0.2) is 42.6 Å². The number of ether oxygens (including phenoxy) is 1. The maximum atomic E-state index is 12.1. The Kier molecular flexibility index (Phi) is 7.63. The normalized spacial score (nSPS) is 10.2. The van der Waals surface area contributed by atoms with Crippen molar-refractivity contribution in [2.75, 3.05) is 11.9 Å². The van der Waals surface area contributed by atoms with Gasteiger partial charge in [0.1, 0.15) is 10.9 Å². The minimum atomic E-state index is -0.411. The lowest BCUT2D eigenvalue weighted by molar-refractivity contribution is 0.0977. The molecule has 1 aromatic heterocycles. The third-order valence-electron chi connectivity index (χ3n) is 3.36. The molecule has 0 radical (unpaired) electrons. The molecular formula is C18H20ClN3O2S. The predicted octanol–water partition coefficient (Wildman–Crippen LogP) is 4.43. The molecule has 0 spiro atoms. The van der Waals surface area contributed by atoms with E-state index in [-0.39, 0.29) is 15.8 Å². The molecular weight excluding hydrogens is 358 g/mol. The lowest BCUT2D eigenvalue weighted by Crippen LogP contribution is -2.34. The zero-order valence-corrected chi connectivity index (χ0v) is 15.5. The number of nitrogens with one attached hydrogen (secondary N) is 2. The van der Waals surface area contributed by atoms with Crippen molar-refractivity contribution < 1.29 is 9.53 Å². The highest BCUT2D eigenvalue weighted by atomic mass is 35.5.